The molecule has 0 spiro atoms. The minimum atomic E-state index is -3.49. The molecule has 7 heteroatoms. The van der Waals surface area contributed by atoms with Gasteiger partial charge in [0, 0.05) is 12.6 Å². The molecule has 1 aliphatic heterocycles. The molecular weight excluding hydrogens is 242 g/mol. The van der Waals surface area contributed by atoms with Crippen LogP contribution < -0.4 is 0 Å². The lowest BCUT2D eigenvalue weighted by molar-refractivity contribution is 0.158. The molecule has 6 nitrogen and oxygen atoms in total. The Kier molecular flexibility index (Phi) is 3.50. The molecule has 0 amide bonds. The lowest BCUT2D eigenvalue weighted by atomic mass is 10.1. The van der Waals surface area contributed by atoms with E-state index >= 15 is 0 Å². The molecule has 96 valence electrons. The van der Waals surface area contributed by atoms with Gasteiger partial charge in [0.25, 0.3) is 10.0 Å². The Labute approximate surface area is 101 Å². The van der Waals surface area contributed by atoms with Crippen LogP contribution in [0.2, 0.25) is 0 Å². The van der Waals surface area contributed by atoms with Gasteiger partial charge in [-0.3, -0.25) is 0 Å². The van der Waals surface area contributed by atoms with Gasteiger partial charge in [-0.25, -0.2) is 13.4 Å². The van der Waals surface area contributed by atoms with Gasteiger partial charge in [0.05, 0.1) is 18.6 Å². The molecule has 0 bridgehead atoms. The van der Waals surface area contributed by atoms with E-state index in [-0.39, 0.29) is 11.1 Å². The molecule has 2 rings (SSSR count). The van der Waals surface area contributed by atoms with Crippen molar-refractivity contribution < 1.29 is 13.5 Å². The van der Waals surface area contributed by atoms with Crippen LogP contribution in [-0.4, -0.2) is 46.5 Å². The minimum absolute atomic E-state index is 0.108. The van der Waals surface area contributed by atoms with Crippen molar-refractivity contribution in [3.8, 4) is 0 Å². The topological polar surface area (TPSA) is 86.3 Å². The van der Waals surface area contributed by atoms with E-state index < -0.39 is 16.1 Å². The number of aliphatic hydroxyl groups is 1. The van der Waals surface area contributed by atoms with E-state index in [1.165, 1.54) is 16.8 Å². The molecule has 2 heterocycles. The van der Waals surface area contributed by atoms with Crippen LogP contribution in [0, 0.1) is 0 Å². The Morgan fingerprint density at radius 2 is 2.47 bits per heavy atom. The van der Waals surface area contributed by atoms with Gasteiger partial charge in [-0.15, -0.1) is 0 Å². The van der Waals surface area contributed by atoms with E-state index in [0.29, 0.717) is 13.0 Å². The van der Waals surface area contributed by atoms with Crippen molar-refractivity contribution in [2.75, 3.05) is 6.54 Å². The number of imidazole rings is 1. The molecule has 0 aliphatic carbocycles. The third kappa shape index (κ3) is 2.51. The van der Waals surface area contributed by atoms with Gasteiger partial charge in [-0.1, -0.05) is 0 Å². The molecule has 0 saturated carbocycles. The van der Waals surface area contributed by atoms with Gasteiger partial charge in [-0.2, -0.15) is 4.31 Å². The number of hydrogen-bond acceptors (Lipinski definition) is 4. The number of sulfonamides is 1. The van der Waals surface area contributed by atoms with Crippen LogP contribution in [0.15, 0.2) is 17.6 Å². The second-order valence-corrected chi connectivity index (χ2v) is 6.27. The van der Waals surface area contributed by atoms with Crippen LogP contribution in [0.4, 0.5) is 0 Å². The van der Waals surface area contributed by atoms with Crippen LogP contribution in [-0.2, 0) is 10.0 Å². The fourth-order valence-corrected chi connectivity index (χ4v) is 3.87. The highest BCUT2D eigenvalue weighted by atomic mass is 32.2. The number of nitrogens with zero attached hydrogens (tertiary/aromatic N) is 2. The SMILES string of the molecule is CC(O)CC1CCCN1S(=O)(=O)c1cnc[nH]1. The number of H-pyrrole nitrogens is 1. The van der Waals surface area contributed by atoms with Crippen LogP contribution in [0.3, 0.4) is 0 Å². The van der Waals surface area contributed by atoms with E-state index in [9.17, 15) is 13.5 Å². The quantitative estimate of drug-likeness (QED) is 0.816. The summed E-state index contributed by atoms with van der Waals surface area (Å²) < 4.78 is 26.0. The number of aromatic amines is 1. The first-order chi connectivity index (χ1) is 8.01. The molecule has 0 aromatic carbocycles. The number of aromatic nitrogens is 2. The van der Waals surface area contributed by atoms with E-state index in [0.717, 1.165) is 12.8 Å². The lowest BCUT2D eigenvalue weighted by Gasteiger charge is -2.24. The third-order valence-corrected chi connectivity index (χ3v) is 4.87. The molecule has 1 aromatic heterocycles. The summed E-state index contributed by atoms with van der Waals surface area (Å²) in [6.45, 7) is 2.19. The molecule has 0 radical (unpaired) electrons. The van der Waals surface area contributed by atoms with Crippen molar-refractivity contribution in [2.24, 2.45) is 0 Å². The van der Waals surface area contributed by atoms with Gasteiger partial charge in [0.1, 0.15) is 0 Å². The van der Waals surface area contributed by atoms with Crippen molar-refractivity contribution >= 4 is 10.0 Å². The highest BCUT2D eigenvalue weighted by Gasteiger charge is 2.36. The van der Waals surface area contributed by atoms with Gasteiger partial charge < -0.3 is 10.1 Å². The molecular formula is C10H17N3O3S. The molecule has 1 aromatic rings. The van der Waals surface area contributed by atoms with Crippen molar-refractivity contribution in [1.82, 2.24) is 14.3 Å². The van der Waals surface area contributed by atoms with E-state index in [2.05, 4.69) is 9.97 Å². The fourth-order valence-electron chi connectivity index (χ4n) is 2.27. The average molecular weight is 259 g/mol. The normalized spacial score (nSPS) is 24.0. The summed E-state index contributed by atoms with van der Waals surface area (Å²) in [5, 5.41) is 9.51. The lowest BCUT2D eigenvalue weighted by Crippen LogP contribution is -2.37. The summed E-state index contributed by atoms with van der Waals surface area (Å²) in [7, 11) is -3.49. The highest BCUT2D eigenvalue weighted by molar-refractivity contribution is 7.89. The minimum Gasteiger partial charge on any atom is -0.393 e. The van der Waals surface area contributed by atoms with Crippen molar-refractivity contribution in [3.63, 3.8) is 0 Å². The zero-order valence-electron chi connectivity index (χ0n) is 9.70. The summed E-state index contributed by atoms with van der Waals surface area (Å²) in [5.41, 5.74) is 0. The van der Waals surface area contributed by atoms with Crippen LogP contribution in [0.25, 0.3) is 0 Å². The first-order valence-electron chi connectivity index (χ1n) is 5.70. The van der Waals surface area contributed by atoms with Gasteiger partial charge in [0.2, 0.25) is 0 Å². The van der Waals surface area contributed by atoms with Crippen LogP contribution in [0.1, 0.15) is 26.2 Å². The average Bonchev–Trinajstić information content (AvgIpc) is 2.85. The molecule has 1 saturated heterocycles. The number of aliphatic hydroxyl groups excluding tert-OH is 1. The maximum atomic E-state index is 12.3. The molecule has 1 aliphatic rings. The predicted molar refractivity (Wildman–Crippen MR) is 61.8 cm³/mol. The molecule has 1 fully saturated rings. The smallest absolute Gasteiger partial charge is 0.260 e. The van der Waals surface area contributed by atoms with Gasteiger partial charge in [0.15, 0.2) is 5.03 Å². The Morgan fingerprint density at radius 3 is 3.06 bits per heavy atom. The zero-order valence-corrected chi connectivity index (χ0v) is 10.5. The molecule has 2 N–H and O–H groups in total. The Bertz CT molecular complexity index is 455. The van der Waals surface area contributed by atoms with E-state index in [1.54, 1.807) is 6.92 Å². The first-order valence-corrected chi connectivity index (χ1v) is 7.14. The van der Waals surface area contributed by atoms with Crippen molar-refractivity contribution in [2.45, 2.75) is 43.4 Å². The maximum Gasteiger partial charge on any atom is 0.260 e. The Balaban J connectivity index is 2.21. The number of hydrogen-bond donors (Lipinski definition) is 2. The Hall–Kier alpha value is -0.920. The van der Waals surface area contributed by atoms with Gasteiger partial charge >= 0.3 is 0 Å². The predicted octanol–water partition coefficient (Wildman–Crippen LogP) is 0.334. The Morgan fingerprint density at radius 1 is 1.71 bits per heavy atom. The standard InChI is InChI=1S/C10H17N3O3S/c1-8(14)5-9-3-2-4-13(9)17(15,16)10-6-11-7-12-10/h6-9,14H,2-5H2,1H3,(H,11,12). The monoisotopic (exact) mass is 259 g/mol. The second-order valence-electron chi connectivity index (χ2n) is 4.41. The molecule has 17 heavy (non-hydrogen) atoms. The second kappa shape index (κ2) is 4.75. The first kappa shape index (κ1) is 12.5. The van der Waals surface area contributed by atoms with Gasteiger partial charge in [-0.05, 0) is 26.2 Å². The summed E-state index contributed by atoms with van der Waals surface area (Å²) in [5.74, 6) is 0. The molecule has 2 unspecified atom stereocenters. The van der Waals surface area contributed by atoms with Crippen LogP contribution in [0.5, 0.6) is 0 Å². The van der Waals surface area contributed by atoms with Crippen LogP contribution >= 0.6 is 0 Å². The summed E-state index contributed by atoms with van der Waals surface area (Å²) in [6, 6.07) is -0.108. The van der Waals surface area contributed by atoms with E-state index in [4.69, 9.17) is 0 Å². The summed E-state index contributed by atoms with van der Waals surface area (Å²) in [6.07, 6.45) is 4.30. The zero-order chi connectivity index (χ0) is 12.5. The van der Waals surface area contributed by atoms with Crippen molar-refractivity contribution in [1.29, 1.82) is 0 Å². The number of rotatable bonds is 4. The van der Waals surface area contributed by atoms with E-state index in [1.807, 2.05) is 0 Å². The summed E-state index contributed by atoms with van der Waals surface area (Å²) >= 11 is 0. The van der Waals surface area contributed by atoms with Crippen molar-refractivity contribution in [3.05, 3.63) is 12.5 Å². The number of nitrogens with one attached hydrogen (secondary N) is 1. The summed E-state index contributed by atoms with van der Waals surface area (Å²) in [4.78, 5) is 6.36. The molecule has 2 atom stereocenters. The maximum absolute atomic E-state index is 12.3. The highest BCUT2D eigenvalue weighted by Crippen LogP contribution is 2.27. The largest absolute Gasteiger partial charge is 0.393 e. The fraction of sp³-hybridized carbons (Fsp3) is 0.700. The third-order valence-electron chi connectivity index (χ3n) is 3.00.